The number of benzene rings is 3. The lowest BCUT2D eigenvalue weighted by atomic mass is 9.96. The van der Waals surface area contributed by atoms with Gasteiger partial charge in [-0.05, 0) is 65.8 Å². The van der Waals surface area contributed by atoms with Gasteiger partial charge in [0.05, 0.1) is 0 Å². The van der Waals surface area contributed by atoms with Crippen LogP contribution in [0.4, 0.5) is 0 Å². The maximum atomic E-state index is 6.21. The molecule has 0 N–H and O–H groups in total. The van der Waals surface area contributed by atoms with Crippen molar-refractivity contribution in [3.63, 3.8) is 0 Å². The molecule has 0 nitrogen and oxygen atoms in total. The van der Waals surface area contributed by atoms with Gasteiger partial charge in [-0.15, -0.1) is 0 Å². The van der Waals surface area contributed by atoms with Gasteiger partial charge in [0.25, 0.3) is 0 Å². The molecule has 0 unspecified atom stereocenters. The predicted molar refractivity (Wildman–Crippen MR) is 92.3 cm³/mol. The summed E-state index contributed by atoms with van der Waals surface area (Å²) in [6, 6.07) is 19.5. The first-order chi connectivity index (χ1) is 10.1. The van der Waals surface area contributed by atoms with Crippen molar-refractivity contribution in [1.82, 2.24) is 0 Å². The van der Waals surface area contributed by atoms with Crippen molar-refractivity contribution in [2.75, 3.05) is 0 Å². The zero-order valence-corrected chi connectivity index (χ0v) is 13.2. The van der Waals surface area contributed by atoms with Crippen molar-refractivity contribution < 1.29 is 0 Å². The molecule has 1 heteroatoms. The summed E-state index contributed by atoms with van der Waals surface area (Å²) >= 11 is 6.21. The van der Waals surface area contributed by atoms with E-state index in [-0.39, 0.29) is 0 Å². The molecule has 3 aromatic rings. The van der Waals surface area contributed by atoms with Crippen LogP contribution < -0.4 is 0 Å². The predicted octanol–water partition coefficient (Wildman–Crippen LogP) is 5.90. The van der Waals surface area contributed by atoms with Crippen molar-refractivity contribution >= 4 is 22.4 Å². The standard InChI is InChI=1S/C20H19Cl/c1-14-8-11-17(19-6-4-3-5-18(14)19)12-10-16-9-7-15(2)20(21)13-16/h3-9,11,13H,10,12H2,1-2H3. The van der Waals surface area contributed by atoms with E-state index in [0.29, 0.717) is 0 Å². The van der Waals surface area contributed by atoms with E-state index in [1.165, 1.54) is 27.5 Å². The maximum Gasteiger partial charge on any atom is 0.0437 e. The third kappa shape index (κ3) is 2.96. The molecule has 0 saturated heterocycles. The largest absolute Gasteiger partial charge is 0.0840 e. The Morgan fingerprint density at radius 2 is 1.48 bits per heavy atom. The fourth-order valence-corrected chi connectivity index (χ4v) is 3.00. The van der Waals surface area contributed by atoms with Crippen molar-refractivity contribution in [1.29, 1.82) is 0 Å². The van der Waals surface area contributed by atoms with E-state index >= 15 is 0 Å². The Labute approximate surface area is 131 Å². The molecule has 3 rings (SSSR count). The molecule has 0 bridgehead atoms. The highest BCUT2D eigenvalue weighted by Crippen LogP contribution is 2.24. The normalized spacial score (nSPS) is 11.0. The first kappa shape index (κ1) is 14.2. The Bertz CT molecular complexity index is 787. The monoisotopic (exact) mass is 294 g/mol. The number of fused-ring (bicyclic) bond motifs is 1. The molecule has 0 aromatic heterocycles. The van der Waals surface area contributed by atoms with Crippen LogP contribution in [0.1, 0.15) is 22.3 Å². The number of halogens is 1. The number of aryl methyl sites for hydroxylation is 4. The third-order valence-electron chi connectivity index (χ3n) is 4.15. The smallest absolute Gasteiger partial charge is 0.0437 e. The molecule has 0 spiro atoms. The highest BCUT2D eigenvalue weighted by Gasteiger charge is 2.04. The van der Waals surface area contributed by atoms with E-state index in [1.807, 2.05) is 6.92 Å². The molecule has 21 heavy (non-hydrogen) atoms. The van der Waals surface area contributed by atoms with Gasteiger partial charge in [0, 0.05) is 5.02 Å². The molecule has 0 saturated carbocycles. The minimum absolute atomic E-state index is 0.862. The second kappa shape index (κ2) is 5.91. The molecule has 106 valence electrons. The quantitative estimate of drug-likeness (QED) is 0.564. The van der Waals surface area contributed by atoms with E-state index < -0.39 is 0 Å². The molecule has 0 heterocycles. The fourth-order valence-electron chi connectivity index (χ4n) is 2.80. The lowest BCUT2D eigenvalue weighted by molar-refractivity contribution is 0.967. The second-order valence-electron chi connectivity index (χ2n) is 5.67. The Kier molecular flexibility index (Phi) is 3.98. The van der Waals surface area contributed by atoms with Crippen LogP contribution >= 0.6 is 11.6 Å². The summed E-state index contributed by atoms with van der Waals surface area (Å²) in [6.07, 6.45) is 2.06. The summed E-state index contributed by atoms with van der Waals surface area (Å²) in [5.41, 5.74) is 5.19. The van der Waals surface area contributed by atoms with Crippen molar-refractivity contribution in [2.24, 2.45) is 0 Å². The Balaban J connectivity index is 1.88. The Hall–Kier alpha value is -1.79. The second-order valence-corrected chi connectivity index (χ2v) is 6.08. The molecule has 3 aromatic carbocycles. The molecule has 0 amide bonds. The third-order valence-corrected chi connectivity index (χ3v) is 4.56. The topological polar surface area (TPSA) is 0 Å². The van der Waals surface area contributed by atoms with E-state index in [2.05, 4.69) is 61.5 Å². The maximum absolute atomic E-state index is 6.21. The van der Waals surface area contributed by atoms with Crippen LogP contribution in [-0.2, 0) is 12.8 Å². The van der Waals surface area contributed by atoms with Crippen LogP contribution in [0.25, 0.3) is 10.8 Å². The minimum atomic E-state index is 0.862. The van der Waals surface area contributed by atoms with Crippen LogP contribution in [0.3, 0.4) is 0 Å². The van der Waals surface area contributed by atoms with Gasteiger partial charge in [0.2, 0.25) is 0 Å². The molecular formula is C20H19Cl. The number of rotatable bonds is 3. The summed E-state index contributed by atoms with van der Waals surface area (Å²) in [5, 5.41) is 3.59. The lowest BCUT2D eigenvalue weighted by Gasteiger charge is -2.10. The highest BCUT2D eigenvalue weighted by atomic mass is 35.5. The van der Waals surface area contributed by atoms with Crippen LogP contribution in [0.5, 0.6) is 0 Å². The molecule has 0 fully saturated rings. The molecule has 0 aliphatic carbocycles. The molecule has 0 aliphatic rings. The average molecular weight is 295 g/mol. The van der Waals surface area contributed by atoms with Gasteiger partial charge in [0.15, 0.2) is 0 Å². The molecule has 0 atom stereocenters. The fraction of sp³-hybridized carbons (Fsp3) is 0.200. The Morgan fingerprint density at radius 1 is 0.762 bits per heavy atom. The molecular weight excluding hydrogens is 276 g/mol. The number of hydrogen-bond donors (Lipinski definition) is 0. The van der Waals surface area contributed by atoms with E-state index in [0.717, 1.165) is 23.4 Å². The van der Waals surface area contributed by atoms with Gasteiger partial charge < -0.3 is 0 Å². The zero-order valence-electron chi connectivity index (χ0n) is 12.5. The van der Waals surface area contributed by atoms with Crippen LogP contribution in [0.2, 0.25) is 5.02 Å². The van der Waals surface area contributed by atoms with Crippen molar-refractivity contribution in [3.8, 4) is 0 Å². The molecule has 0 radical (unpaired) electrons. The van der Waals surface area contributed by atoms with Crippen LogP contribution in [-0.4, -0.2) is 0 Å². The van der Waals surface area contributed by atoms with Gasteiger partial charge in [-0.1, -0.05) is 60.1 Å². The molecule has 0 aliphatic heterocycles. The summed E-state index contributed by atoms with van der Waals surface area (Å²) < 4.78 is 0. The van der Waals surface area contributed by atoms with Crippen molar-refractivity contribution in [2.45, 2.75) is 26.7 Å². The summed E-state index contributed by atoms with van der Waals surface area (Å²) in [7, 11) is 0. The van der Waals surface area contributed by atoms with Gasteiger partial charge in [0.1, 0.15) is 0 Å². The van der Waals surface area contributed by atoms with Crippen LogP contribution in [0, 0.1) is 13.8 Å². The van der Waals surface area contributed by atoms with E-state index in [9.17, 15) is 0 Å². The zero-order chi connectivity index (χ0) is 14.8. The van der Waals surface area contributed by atoms with Crippen molar-refractivity contribution in [3.05, 3.63) is 81.9 Å². The highest BCUT2D eigenvalue weighted by molar-refractivity contribution is 6.31. The number of hydrogen-bond acceptors (Lipinski definition) is 0. The van der Waals surface area contributed by atoms with Crippen LogP contribution in [0.15, 0.2) is 54.6 Å². The summed E-state index contributed by atoms with van der Waals surface area (Å²) in [5.74, 6) is 0. The average Bonchev–Trinajstić information content (AvgIpc) is 2.50. The minimum Gasteiger partial charge on any atom is -0.0840 e. The summed E-state index contributed by atoms with van der Waals surface area (Å²) in [6.45, 7) is 4.21. The van der Waals surface area contributed by atoms with E-state index in [4.69, 9.17) is 11.6 Å². The first-order valence-corrected chi connectivity index (χ1v) is 7.75. The summed E-state index contributed by atoms with van der Waals surface area (Å²) in [4.78, 5) is 0. The first-order valence-electron chi connectivity index (χ1n) is 7.37. The van der Waals surface area contributed by atoms with E-state index in [1.54, 1.807) is 0 Å². The SMILES string of the molecule is Cc1ccc(CCc2ccc(C)c3ccccc23)cc1Cl. The van der Waals surface area contributed by atoms with Gasteiger partial charge in [-0.2, -0.15) is 0 Å². The lowest BCUT2D eigenvalue weighted by Crippen LogP contribution is -1.94. The van der Waals surface area contributed by atoms with Gasteiger partial charge >= 0.3 is 0 Å². The Morgan fingerprint density at radius 3 is 2.24 bits per heavy atom. The van der Waals surface area contributed by atoms with Gasteiger partial charge in [-0.25, -0.2) is 0 Å². The van der Waals surface area contributed by atoms with Gasteiger partial charge in [-0.3, -0.25) is 0 Å².